The van der Waals surface area contributed by atoms with Crippen LogP contribution in [0.4, 0.5) is 0 Å². The predicted octanol–water partition coefficient (Wildman–Crippen LogP) is 4.54. The van der Waals surface area contributed by atoms with Crippen LogP contribution in [0, 0.1) is 0 Å². The number of halogens is 1. The Kier molecular flexibility index (Phi) is 2.83. The summed E-state index contributed by atoms with van der Waals surface area (Å²) in [6.45, 7) is 0. The Morgan fingerprint density at radius 3 is 2.71 bits per heavy atom. The zero-order valence-electron chi connectivity index (χ0n) is 9.06. The van der Waals surface area contributed by atoms with E-state index in [4.69, 9.17) is 11.6 Å². The Morgan fingerprint density at radius 2 is 1.88 bits per heavy atom. The van der Waals surface area contributed by atoms with Crippen LogP contribution in [0.2, 0.25) is 5.02 Å². The standard InChI is InChI=1S/C14H10ClNS/c15-11-6-7-13-12(9-11)16-14(17-13)8-10-4-2-1-3-5-10/h1-7,9H,8H2. The third kappa shape index (κ3) is 2.33. The van der Waals surface area contributed by atoms with Crippen molar-refractivity contribution in [3.05, 3.63) is 64.1 Å². The van der Waals surface area contributed by atoms with Gasteiger partial charge in [-0.25, -0.2) is 4.98 Å². The van der Waals surface area contributed by atoms with E-state index >= 15 is 0 Å². The summed E-state index contributed by atoms with van der Waals surface area (Å²) in [5, 5.41) is 1.88. The largest absolute Gasteiger partial charge is 0.241 e. The first kappa shape index (κ1) is 10.8. The molecule has 3 heteroatoms. The number of hydrogen-bond acceptors (Lipinski definition) is 2. The number of fused-ring (bicyclic) bond motifs is 1. The number of aromatic nitrogens is 1. The van der Waals surface area contributed by atoms with Crippen LogP contribution >= 0.6 is 22.9 Å². The van der Waals surface area contributed by atoms with Gasteiger partial charge in [-0.15, -0.1) is 11.3 Å². The zero-order valence-corrected chi connectivity index (χ0v) is 10.6. The van der Waals surface area contributed by atoms with Crippen molar-refractivity contribution in [2.45, 2.75) is 6.42 Å². The molecule has 0 N–H and O–H groups in total. The SMILES string of the molecule is Clc1ccc2sc(Cc3ccccc3)nc2c1. The van der Waals surface area contributed by atoms with Gasteiger partial charge in [0.1, 0.15) is 0 Å². The summed E-state index contributed by atoms with van der Waals surface area (Å²) >= 11 is 7.68. The second kappa shape index (κ2) is 4.47. The molecule has 0 aliphatic carbocycles. The van der Waals surface area contributed by atoms with E-state index in [1.165, 1.54) is 10.3 Å². The van der Waals surface area contributed by atoms with Gasteiger partial charge in [-0.05, 0) is 23.8 Å². The predicted molar refractivity (Wildman–Crippen MR) is 73.9 cm³/mol. The molecule has 0 unspecified atom stereocenters. The highest BCUT2D eigenvalue weighted by Crippen LogP contribution is 2.26. The van der Waals surface area contributed by atoms with Gasteiger partial charge in [0, 0.05) is 11.4 Å². The van der Waals surface area contributed by atoms with Crippen LogP contribution in [-0.2, 0) is 6.42 Å². The maximum absolute atomic E-state index is 5.95. The van der Waals surface area contributed by atoms with Crippen molar-refractivity contribution in [1.29, 1.82) is 0 Å². The molecule has 0 saturated carbocycles. The van der Waals surface area contributed by atoms with E-state index in [-0.39, 0.29) is 0 Å². The first-order chi connectivity index (χ1) is 8.31. The van der Waals surface area contributed by atoms with Gasteiger partial charge < -0.3 is 0 Å². The smallest absolute Gasteiger partial charge is 0.0982 e. The molecular formula is C14H10ClNS. The van der Waals surface area contributed by atoms with Crippen molar-refractivity contribution >= 4 is 33.2 Å². The summed E-state index contributed by atoms with van der Waals surface area (Å²) in [7, 11) is 0. The fraction of sp³-hybridized carbons (Fsp3) is 0.0714. The minimum atomic E-state index is 0.745. The molecule has 0 fully saturated rings. The van der Waals surface area contributed by atoms with E-state index in [2.05, 4.69) is 29.2 Å². The van der Waals surface area contributed by atoms with Gasteiger partial charge in [-0.2, -0.15) is 0 Å². The number of rotatable bonds is 2. The van der Waals surface area contributed by atoms with Gasteiger partial charge in [-0.3, -0.25) is 0 Å². The molecule has 0 spiro atoms. The molecule has 1 nitrogen and oxygen atoms in total. The highest BCUT2D eigenvalue weighted by Gasteiger charge is 2.04. The molecular weight excluding hydrogens is 250 g/mol. The Balaban J connectivity index is 1.96. The Labute approximate surface area is 109 Å². The van der Waals surface area contributed by atoms with Gasteiger partial charge in [-0.1, -0.05) is 41.9 Å². The molecule has 84 valence electrons. The molecule has 0 aliphatic rings. The summed E-state index contributed by atoms with van der Waals surface area (Å²) in [6.07, 6.45) is 0.887. The summed E-state index contributed by atoms with van der Waals surface area (Å²) in [4.78, 5) is 4.60. The topological polar surface area (TPSA) is 12.9 Å². The lowest BCUT2D eigenvalue weighted by atomic mass is 10.2. The van der Waals surface area contributed by atoms with Crippen LogP contribution in [0.25, 0.3) is 10.2 Å². The van der Waals surface area contributed by atoms with E-state index in [9.17, 15) is 0 Å². The first-order valence-electron chi connectivity index (χ1n) is 5.40. The normalized spacial score (nSPS) is 10.9. The number of nitrogens with zero attached hydrogens (tertiary/aromatic N) is 1. The lowest BCUT2D eigenvalue weighted by Gasteiger charge is -1.95. The van der Waals surface area contributed by atoms with Gasteiger partial charge >= 0.3 is 0 Å². The molecule has 0 bridgehead atoms. The van der Waals surface area contributed by atoms with E-state index in [0.717, 1.165) is 22.0 Å². The van der Waals surface area contributed by atoms with Crippen LogP contribution in [0.1, 0.15) is 10.6 Å². The molecule has 0 radical (unpaired) electrons. The fourth-order valence-electron chi connectivity index (χ4n) is 1.79. The van der Waals surface area contributed by atoms with E-state index in [1.807, 2.05) is 24.3 Å². The van der Waals surface area contributed by atoms with Gasteiger partial charge in [0.2, 0.25) is 0 Å². The third-order valence-corrected chi connectivity index (χ3v) is 3.86. The minimum Gasteiger partial charge on any atom is -0.241 e. The minimum absolute atomic E-state index is 0.745. The first-order valence-corrected chi connectivity index (χ1v) is 6.59. The maximum Gasteiger partial charge on any atom is 0.0982 e. The molecule has 0 saturated heterocycles. The highest BCUT2D eigenvalue weighted by molar-refractivity contribution is 7.18. The van der Waals surface area contributed by atoms with E-state index in [1.54, 1.807) is 11.3 Å². The molecule has 0 amide bonds. The highest BCUT2D eigenvalue weighted by atomic mass is 35.5. The average molecular weight is 260 g/mol. The van der Waals surface area contributed by atoms with E-state index in [0.29, 0.717) is 0 Å². The molecule has 0 atom stereocenters. The second-order valence-corrected chi connectivity index (χ2v) is 5.43. The quantitative estimate of drug-likeness (QED) is 0.658. The van der Waals surface area contributed by atoms with Crippen LogP contribution in [0.15, 0.2) is 48.5 Å². The summed E-state index contributed by atoms with van der Waals surface area (Å²) in [5.41, 5.74) is 2.28. The van der Waals surface area contributed by atoms with Gasteiger partial charge in [0.05, 0.1) is 15.2 Å². The molecule has 1 aromatic heterocycles. The van der Waals surface area contributed by atoms with Crippen molar-refractivity contribution < 1.29 is 0 Å². The summed E-state index contributed by atoms with van der Waals surface area (Å²) < 4.78 is 1.19. The van der Waals surface area contributed by atoms with Crippen LogP contribution in [-0.4, -0.2) is 4.98 Å². The number of benzene rings is 2. The maximum atomic E-state index is 5.95. The van der Waals surface area contributed by atoms with Crippen LogP contribution in [0.3, 0.4) is 0 Å². The summed E-state index contributed by atoms with van der Waals surface area (Å²) in [5.74, 6) is 0. The Morgan fingerprint density at radius 1 is 1.06 bits per heavy atom. The fourth-order valence-corrected chi connectivity index (χ4v) is 2.94. The molecule has 3 rings (SSSR count). The molecule has 0 aliphatic heterocycles. The number of thiazole rings is 1. The third-order valence-electron chi connectivity index (χ3n) is 2.59. The summed E-state index contributed by atoms with van der Waals surface area (Å²) in [6, 6.07) is 16.2. The molecule has 17 heavy (non-hydrogen) atoms. The van der Waals surface area contributed by atoms with Crippen LogP contribution in [0.5, 0.6) is 0 Å². The number of hydrogen-bond donors (Lipinski definition) is 0. The Hall–Kier alpha value is -1.38. The second-order valence-electron chi connectivity index (χ2n) is 3.88. The lowest BCUT2D eigenvalue weighted by Crippen LogP contribution is -1.85. The molecule has 2 aromatic carbocycles. The lowest BCUT2D eigenvalue weighted by molar-refractivity contribution is 1.16. The Bertz CT molecular complexity index is 646. The van der Waals surface area contributed by atoms with Crippen molar-refractivity contribution in [2.24, 2.45) is 0 Å². The van der Waals surface area contributed by atoms with Gasteiger partial charge in [0.25, 0.3) is 0 Å². The van der Waals surface area contributed by atoms with Crippen molar-refractivity contribution in [2.75, 3.05) is 0 Å². The zero-order chi connectivity index (χ0) is 11.7. The van der Waals surface area contributed by atoms with Crippen LogP contribution < -0.4 is 0 Å². The van der Waals surface area contributed by atoms with Crippen molar-refractivity contribution in [3.63, 3.8) is 0 Å². The monoisotopic (exact) mass is 259 g/mol. The van der Waals surface area contributed by atoms with E-state index < -0.39 is 0 Å². The molecule has 3 aromatic rings. The average Bonchev–Trinajstić information content (AvgIpc) is 2.71. The van der Waals surface area contributed by atoms with Crippen molar-refractivity contribution in [1.82, 2.24) is 4.98 Å². The van der Waals surface area contributed by atoms with Gasteiger partial charge in [0.15, 0.2) is 0 Å². The molecule has 1 heterocycles. The van der Waals surface area contributed by atoms with Crippen molar-refractivity contribution in [3.8, 4) is 0 Å².